The molecule has 0 aliphatic rings. The van der Waals surface area contributed by atoms with E-state index in [9.17, 15) is 9.59 Å². The summed E-state index contributed by atoms with van der Waals surface area (Å²) < 4.78 is 4.80. The maximum atomic E-state index is 12.6. The van der Waals surface area contributed by atoms with E-state index in [1.54, 1.807) is 30.2 Å². The highest BCUT2D eigenvalue weighted by Gasteiger charge is 2.15. The second-order valence-corrected chi connectivity index (χ2v) is 6.81. The highest BCUT2D eigenvalue weighted by atomic mass is 79.9. The summed E-state index contributed by atoms with van der Waals surface area (Å²) in [5, 5.41) is 11.4. The van der Waals surface area contributed by atoms with Crippen molar-refractivity contribution in [2.75, 3.05) is 5.32 Å². The fourth-order valence-corrected chi connectivity index (χ4v) is 3.34. The van der Waals surface area contributed by atoms with Gasteiger partial charge in [-0.2, -0.15) is 10.2 Å². The van der Waals surface area contributed by atoms with Crippen molar-refractivity contribution in [2.45, 2.75) is 13.1 Å². The summed E-state index contributed by atoms with van der Waals surface area (Å²) in [6.45, 7) is 0.308. The lowest BCUT2D eigenvalue weighted by Crippen LogP contribution is -2.28. The van der Waals surface area contributed by atoms with Crippen molar-refractivity contribution in [3.05, 3.63) is 63.6 Å². The number of halogens is 1. The standard InChI is InChI=1S/C17H15BrN8O2/c1-24-16-14(15(18)23-24)17(28)25(10-20-16)9-13(27)21-12-5-7-26(22-12)8-11-4-2-3-6-19-11/h2-7,10H,8-9H2,1H3,(H,21,22,27). The first-order valence-electron chi connectivity index (χ1n) is 8.32. The molecule has 0 fully saturated rings. The Morgan fingerprint density at radius 1 is 1.21 bits per heavy atom. The Morgan fingerprint density at radius 3 is 2.86 bits per heavy atom. The molecule has 0 atom stereocenters. The largest absolute Gasteiger partial charge is 0.308 e. The van der Waals surface area contributed by atoms with E-state index in [-0.39, 0.29) is 18.0 Å². The predicted octanol–water partition coefficient (Wildman–Crippen LogP) is 1.17. The van der Waals surface area contributed by atoms with E-state index in [1.165, 1.54) is 15.6 Å². The third kappa shape index (κ3) is 3.56. The van der Waals surface area contributed by atoms with E-state index in [1.807, 2.05) is 18.2 Å². The van der Waals surface area contributed by atoms with Gasteiger partial charge in [-0.15, -0.1) is 0 Å². The number of aryl methyl sites for hydroxylation is 1. The van der Waals surface area contributed by atoms with Crippen LogP contribution in [-0.4, -0.2) is 40.0 Å². The van der Waals surface area contributed by atoms with E-state index >= 15 is 0 Å². The number of nitrogens with one attached hydrogen (secondary N) is 1. The SMILES string of the molecule is Cn1nc(Br)c2c(=O)n(CC(=O)Nc3ccn(Cc4ccccn4)n3)cnc21. The second-order valence-electron chi connectivity index (χ2n) is 6.06. The second kappa shape index (κ2) is 7.35. The normalized spacial score (nSPS) is 11.1. The monoisotopic (exact) mass is 442 g/mol. The van der Waals surface area contributed by atoms with E-state index in [4.69, 9.17) is 0 Å². The lowest BCUT2D eigenvalue weighted by Gasteiger charge is -2.05. The summed E-state index contributed by atoms with van der Waals surface area (Å²) in [4.78, 5) is 33.4. The molecule has 4 heterocycles. The Morgan fingerprint density at radius 2 is 2.07 bits per heavy atom. The Balaban J connectivity index is 1.46. The van der Waals surface area contributed by atoms with E-state index in [2.05, 4.69) is 41.4 Å². The number of carbonyl (C=O) groups is 1. The molecule has 10 nitrogen and oxygen atoms in total. The number of carbonyl (C=O) groups excluding carboxylic acids is 1. The lowest BCUT2D eigenvalue weighted by atomic mass is 10.3. The van der Waals surface area contributed by atoms with Gasteiger partial charge in [-0.25, -0.2) is 9.67 Å². The first-order valence-corrected chi connectivity index (χ1v) is 9.11. The van der Waals surface area contributed by atoms with Crippen molar-refractivity contribution in [1.82, 2.24) is 34.1 Å². The molecule has 4 aromatic heterocycles. The van der Waals surface area contributed by atoms with Crippen LogP contribution in [0.2, 0.25) is 0 Å². The Kier molecular flexibility index (Phi) is 4.74. The molecule has 28 heavy (non-hydrogen) atoms. The van der Waals surface area contributed by atoms with Crippen LogP contribution in [-0.2, 0) is 24.9 Å². The molecule has 142 valence electrons. The Labute approximate surface area is 167 Å². The number of rotatable bonds is 5. The molecule has 0 bridgehead atoms. The Bertz CT molecular complexity index is 1210. The molecule has 0 aliphatic carbocycles. The van der Waals surface area contributed by atoms with Gasteiger partial charge in [-0.1, -0.05) is 6.07 Å². The van der Waals surface area contributed by atoms with Crippen LogP contribution < -0.4 is 10.9 Å². The zero-order chi connectivity index (χ0) is 19.7. The minimum absolute atomic E-state index is 0.184. The van der Waals surface area contributed by atoms with Gasteiger partial charge in [0.15, 0.2) is 11.5 Å². The van der Waals surface area contributed by atoms with E-state index < -0.39 is 0 Å². The van der Waals surface area contributed by atoms with Crippen molar-refractivity contribution in [3.63, 3.8) is 0 Å². The van der Waals surface area contributed by atoms with Crippen molar-refractivity contribution in [3.8, 4) is 0 Å². The molecule has 0 saturated carbocycles. The lowest BCUT2D eigenvalue weighted by molar-refractivity contribution is -0.116. The highest BCUT2D eigenvalue weighted by molar-refractivity contribution is 9.10. The van der Waals surface area contributed by atoms with Gasteiger partial charge in [0.2, 0.25) is 5.91 Å². The topological polar surface area (TPSA) is 113 Å². The average Bonchev–Trinajstić information content (AvgIpc) is 3.22. The van der Waals surface area contributed by atoms with Gasteiger partial charge in [0, 0.05) is 25.5 Å². The summed E-state index contributed by atoms with van der Waals surface area (Å²) in [5.41, 5.74) is 0.957. The van der Waals surface area contributed by atoms with Crippen LogP contribution in [0.25, 0.3) is 11.0 Å². The summed E-state index contributed by atoms with van der Waals surface area (Å²) in [6, 6.07) is 7.32. The number of fused-ring (bicyclic) bond motifs is 1. The molecule has 0 saturated heterocycles. The zero-order valence-corrected chi connectivity index (χ0v) is 16.4. The number of hydrogen-bond donors (Lipinski definition) is 1. The molecular weight excluding hydrogens is 428 g/mol. The number of aromatic nitrogens is 7. The van der Waals surface area contributed by atoms with E-state index in [0.29, 0.717) is 28.0 Å². The van der Waals surface area contributed by atoms with Crippen molar-refractivity contribution in [2.24, 2.45) is 7.05 Å². The van der Waals surface area contributed by atoms with Gasteiger partial charge in [-0.3, -0.25) is 23.8 Å². The zero-order valence-electron chi connectivity index (χ0n) is 14.8. The summed E-state index contributed by atoms with van der Waals surface area (Å²) in [5.74, 6) is 0.0110. The quantitative estimate of drug-likeness (QED) is 0.496. The minimum Gasteiger partial charge on any atom is -0.308 e. The van der Waals surface area contributed by atoms with Crippen LogP contribution in [0.5, 0.6) is 0 Å². The molecule has 11 heteroatoms. The van der Waals surface area contributed by atoms with Gasteiger partial charge in [0.05, 0.1) is 12.2 Å². The van der Waals surface area contributed by atoms with Gasteiger partial charge in [0.25, 0.3) is 5.56 Å². The van der Waals surface area contributed by atoms with Crippen LogP contribution in [0.3, 0.4) is 0 Å². The van der Waals surface area contributed by atoms with Crippen molar-refractivity contribution < 1.29 is 4.79 Å². The number of amides is 1. The van der Waals surface area contributed by atoms with Gasteiger partial charge in [0.1, 0.15) is 22.9 Å². The molecule has 4 rings (SSSR count). The minimum atomic E-state index is -0.383. The maximum absolute atomic E-state index is 12.6. The summed E-state index contributed by atoms with van der Waals surface area (Å²) in [7, 11) is 1.69. The van der Waals surface area contributed by atoms with Gasteiger partial charge in [-0.05, 0) is 28.1 Å². The molecule has 0 spiro atoms. The fourth-order valence-electron chi connectivity index (χ4n) is 2.76. The summed E-state index contributed by atoms with van der Waals surface area (Å²) >= 11 is 3.25. The third-order valence-electron chi connectivity index (χ3n) is 4.04. The van der Waals surface area contributed by atoms with Crippen LogP contribution in [0.4, 0.5) is 5.82 Å². The van der Waals surface area contributed by atoms with Crippen LogP contribution in [0, 0.1) is 0 Å². The van der Waals surface area contributed by atoms with Crippen molar-refractivity contribution in [1.29, 1.82) is 0 Å². The molecule has 0 aliphatic heterocycles. The highest BCUT2D eigenvalue weighted by Crippen LogP contribution is 2.16. The predicted molar refractivity (Wildman–Crippen MR) is 105 cm³/mol. The third-order valence-corrected chi connectivity index (χ3v) is 4.60. The molecule has 1 amide bonds. The molecular formula is C17H15BrN8O2. The average molecular weight is 443 g/mol. The Hall–Kier alpha value is -3.34. The maximum Gasteiger partial charge on any atom is 0.266 e. The first-order chi connectivity index (χ1) is 13.5. The molecule has 0 aromatic carbocycles. The molecule has 1 N–H and O–H groups in total. The van der Waals surface area contributed by atoms with Crippen LogP contribution >= 0.6 is 15.9 Å². The van der Waals surface area contributed by atoms with Crippen LogP contribution in [0.1, 0.15) is 5.69 Å². The summed E-state index contributed by atoms with van der Waals surface area (Å²) in [6.07, 6.45) is 4.79. The number of anilines is 1. The number of pyridine rings is 1. The first kappa shape index (κ1) is 18.0. The van der Waals surface area contributed by atoms with Crippen LogP contribution in [0.15, 0.2) is 52.4 Å². The van der Waals surface area contributed by atoms with Gasteiger partial charge >= 0.3 is 0 Å². The number of hydrogen-bond acceptors (Lipinski definition) is 6. The molecule has 4 aromatic rings. The van der Waals surface area contributed by atoms with Crippen molar-refractivity contribution >= 4 is 38.7 Å². The van der Waals surface area contributed by atoms with Gasteiger partial charge < -0.3 is 5.32 Å². The number of nitrogens with zero attached hydrogens (tertiary/aromatic N) is 7. The molecule has 0 unspecified atom stereocenters. The smallest absolute Gasteiger partial charge is 0.266 e. The van der Waals surface area contributed by atoms with E-state index in [0.717, 1.165) is 5.69 Å². The fraction of sp³-hybridized carbons (Fsp3) is 0.176. The molecule has 0 radical (unpaired) electrons.